The van der Waals surface area contributed by atoms with Gasteiger partial charge in [0, 0.05) is 6.42 Å². The lowest BCUT2D eigenvalue weighted by atomic mass is 10.1. The van der Waals surface area contributed by atoms with Crippen LogP contribution in [0.5, 0.6) is 0 Å². The van der Waals surface area contributed by atoms with Gasteiger partial charge in [0.2, 0.25) is 9.84 Å². The summed E-state index contributed by atoms with van der Waals surface area (Å²) in [6, 6.07) is 9.00. The molecule has 2 unspecified atom stereocenters. The number of aromatic amines is 1. The molecule has 0 radical (unpaired) electrons. The Kier molecular flexibility index (Phi) is 5.12. The van der Waals surface area contributed by atoms with Crippen LogP contribution >= 0.6 is 0 Å². The summed E-state index contributed by atoms with van der Waals surface area (Å²) in [6.07, 6.45) is 1.79. The summed E-state index contributed by atoms with van der Waals surface area (Å²) in [5, 5.41) is 11.7. The molecule has 3 rings (SSSR count). The lowest BCUT2D eigenvalue weighted by Crippen LogP contribution is -2.19. The zero-order chi connectivity index (χ0) is 17.9. The molecule has 1 aromatic carbocycles. The second kappa shape index (κ2) is 7.30. The van der Waals surface area contributed by atoms with Gasteiger partial charge in [-0.2, -0.15) is 0 Å². The largest absolute Gasteiger partial charge is 0.465 e. The SMILES string of the molecule is CCCC(=O)OCC1C[C@@H]1C(c1ccccc1)S(=O)(=O)c1nnn[nH]1. The van der Waals surface area contributed by atoms with Crippen LogP contribution in [-0.4, -0.2) is 41.6 Å². The lowest BCUT2D eigenvalue weighted by Gasteiger charge is -2.16. The van der Waals surface area contributed by atoms with Crippen LogP contribution in [0.25, 0.3) is 0 Å². The van der Waals surface area contributed by atoms with Gasteiger partial charge in [0.1, 0.15) is 0 Å². The molecule has 0 spiro atoms. The van der Waals surface area contributed by atoms with Crippen LogP contribution in [0.15, 0.2) is 35.5 Å². The normalized spacial score (nSPS) is 20.8. The number of carbonyl (C=O) groups excluding carboxylic acids is 1. The minimum absolute atomic E-state index is 0.0247. The van der Waals surface area contributed by atoms with E-state index in [0.29, 0.717) is 18.4 Å². The standard InChI is InChI=1S/C16H20N4O4S/c1-2-6-14(21)24-10-12-9-13(12)15(11-7-4-3-5-8-11)25(22,23)16-17-19-20-18-16/h3-5,7-8,12-13,15H,2,6,9-10H2,1H3,(H,17,18,19,20)/t12?,13-,15?/m0/s1. The zero-order valence-electron chi connectivity index (χ0n) is 13.8. The molecule has 1 aromatic heterocycles. The smallest absolute Gasteiger partial charge is 0.305 e. The Morgan fingerprint density at radius 2 is 2.12 bits per heavy atom. The first kappa shape index (κ1) is 17.5. The molecule has 1 N–H and O–H groups in total. The highest BCUT2D eigenvalue weighted by molar-refractivity contribution is 7.91. The van der Waals surface area contributed by atoms with Gasteiger partial charge in [-0.3, -0.25) is 4.79 Å². The number of esters is 1. The Labute approximate surface area is 145 Å². The summed E-state index contributed by atoms with van der Waals surface area (Å²) in [5.41, 5.74) is 0.686. The van der Waals surface area contributed by atoms with E-state index in [1.807, 2.05) is 13.0 Å². The van der Waals surface area contributed by atoms with Gasteiger partial charge in [0.15, 0.2) is 0 Å². The van der Waals surface area contributed by atoms with Crippen molar-refractivity contribution in [1.29, 1.82) is 0 Å². The quantitative estimate of drug-likeness (QED) is 0.709. The summed E-state index contributed by atoms with van der Waals surface area (Å²) in [7, 11) is -3.76. The Balaban J connectivity index is 1.79. The highest BCUT2D eigenvalue weighted by Crippen LogP contribution is 2.52. The zero-order valence-corrected chi connectivity index (χ0v) is 14.6. The lowest BCUT2D eigenvalue weighted by molar-refractivity contribution is -0.144. The summed E-state index contributed by atoms with van der Waals surface area (Å²) in [5.74, 6) is -0.352. The van der Waals surface area contributed by atoms with Crippen LogP contribution < -0.4 is 0 Å². The van der Waals surface area contributed by atoms with Gasteiger partial charge in [-0.1, -0.05) is 42.4 Å². The average molecular weight is 364 g/mol. The van der Waals surface area contributed by atoms with E-state index in [1.54, 1.807) is 24.3 Å². The van der Waals surface area contributed by atoms with Crippen molar-refractivity contribution in [2.45, 2.75) is 36.6 Å². The third-order valence-corrected chi connectivity index (χ3v) is 6.34. The molecule has 134 valence electrons. The first-order valence-electron chi connectivity index (χ1n) is 8.22. The van der Waals surface area contributed by atoms with Gasteiger partial charge < -0.3 is 4.74 Å². The highest BCUT2D eigenvalue weighted by Gasteiger charge is 2.51. The predicted molar refractivity (Wildman–Crippen MR) is 88.0 cm³/mol. The van der Waals surface area contributed by atoms with Gasteiger partial charge >= 0.3 is 5.97 Å². The first-order chi connectivity index (χ1) is 12.0. The van der Waals surface area contributed by atoms with E-state index in [4.69, 9.17) is 4.74 Å². The van der Waals surface area contributed by atoms with Gasteiger partial charge in [0.05, 0.1) is 11.9 Å². The maximum absolute atomic E-state index is 13.0. The van der Waals surface area contributed by atoms with Crippen molar-refractivity contribution in [2.75, 3.05) is 6.61 Å². The minimum Gasteiger partial charge on any atom is -0.465 e. The van der Waals surface area contributed by atoms with E-state index >= 15 is 0 Å². The molecule has 0 bridgehead atoms. The molecule has 3 atom stereocenters. The summed E-state index contributed by atoms with van der Waals surface area (Å²) in [6.45, 7) is 2.15. The van der Waals surface area contributed by atoms with Crippen molar-refractivity contribution in [2.24, 2.45) is 11.8 Å². The maximum atomic E-state index is 13.0. The molecule has 1 aliphatic rings. The molecule has 0 saturated heterocycles. The number of benzene rings is 1. The fraction of sp³-hybridized carbons (Fsp3) is 0.500. The van der Waals surface area contributed by atoms with Crippen LogP contribution in [0.1, 0.15) is 37.0 Å². The van der Waals surface area contributed by atoms with E-state index < -0.39 is 15.1 Å². The number of hydrogen-bond donors (Lipinski definition) is 1. The highest BCUT2D eigenvalue weighted by atomic mass is 32.2. The topological polar surface area (TPSA) is 115 Å². The van der Waals surface area contributed by atoms with Crippen LogP contribution in [0, 0.1) is 11.8 Å². The van der Waals surface area contributed by atoms with Gasteiger partial charge in [0.25, 0.3) is 5.16 Å². The van der Waals surface area contributed by atoms with Crippen molar-refractivity contribution in [3.05, 3.63) is 35.9 Å². The van der Waals surface area contributed by atoms with Crippen LogP contribution in [0.3, 0.4) is 0 Å². The van der Waals surface area contributed by atoms with Crippen LogP contribution in [-0.2, 0) is 19.4 Å². The number of sulfone groups is 1. The number of rotatable bonds is 8. The number of aromatic nitrogens is 4. The Morgan fingerprint density at radius 1 is 1.36 bits per heavy atom. The third-order valence-electron chi connectivity index (χ3n) is 4.34. The number of nitrogens with one attached hydrogen (secondary N) is 1. The molecule has 1 fully saturated rings. The van der Waals surface area contributed by atoms with E-state index in [9.17, 15) is 13.2 Å². The van der Waals surface area contributed by atoms with Gasteiger partial charge in [-0.05, 0) is 40.7 Å². The number of H-pyrrole nitrogens is 1. The van der Waals surface area contributed by atoms with Crippen LogP contribution in [0.2, 0.25) is 0 Å². The second-order valence-electron chi connectivity index (χ2n) is 6.18. The molecule has 1 saturated carbocycles. The minimum atomic E-state index is -3.76. The summed E-state index contributed by atoms with van der Waals surface area (Å²) in [4.78, 5) is 11.5. The molecule has 0 aliphatic heterocycles. The van der Waals surface area contributed by atoms with Crippen molar-refractivity contribution >= 4 is 15.8 Å². The second-order valence-corrected chi connectivity index (χ2v) is 8.16. The molecular formula is C16H20N4O4S. The molecule has 0 amide bonds. The summed E-state index contributed by atoms with van der Waals surface area (Å²) >= 11 is 0. The van der Waals surface area contributed by atoms with Gasteiger partial charge in [-0.15, -0.1) is 0 Å². The first-order valence-corrected chi connectivity index (χ1v) is 9.77. The third kappa shape index (κ3) is 3.87. The molecule has 8 nitrogen and oxygen atoms in total. The number of hydrogen-bond acceptors (Lipinski definition) is 7. The Morgan fingerprint density at radius 3 is 2.76 bits per heavy atom. The fourth-order valence-electron chi connectivity index (χ4n) is 3.00. The van der Waals surface area contributed by atoms with E-state index in [1.165, 1.54) is 0 Å². The monoisotopic (exact) mass is 364 g/mol. The summed E-state index contributed by atoms with van der Waals surface area (Å²) < 4.78 is 31.2. The Bertz CT molecular complexity index is 808. The van der Waals surface area contributed by atoms with Crippen molar-refractivity contribution in [1.82, 2.24) is 20.6 Å². The average Bonchev–Trinajstić information content (AvgIpc) is 3.10. The molecule has 9 heteroatoms. The molecule has 2 aromatic rings. The van der Waals surface area contributed by atoms with Crippen molar-refractivity contribution in [3.8, 4) is 0 Å². The van der Waals surface area contributed by atoms with Crippen molar-refractivity contribution < 1.29 is 17.9 Å². The maximum Gasteiger partial charge on any atom is 0.305 e. The van der Waals surface area contributed by atoms with E-state index in [-0.39, 0.29) is 29.6 Å². The van der Waals surface area contributed by atoms with Gasteiger partial charge in [-0.25, -0.2) is 13.5 Å². The Hall–Kier alpha value is -2.29. The molecule has 1 heterocycles. The van der Waals surface area contributed by atoms with Crippen LogP contribution in [0.4, 0.5) is 0 Å². The molecule has 1 aliphatic carbocycles. The molecule has 25 heavy (non-hydrogen) atoms. The fourth-order valence-corrected chi connectivity index (χ4v) is 4.87. The molecular weight excluding hydrogens is 344 g/mol. The van der Waals surface area contributed by atoms with E-state index in [0.717, 1.165) is 6.42 Å². The number of carbonyl (C=O) groups is 1. The predicted octanol–water partition coefficient (Wildman–Crippen LogP) is 1.69. The van der Waals surface area contributed by atoms with E-state index in [2.05, 4.69) is 20.6 Å². The number of tetrazole rings is 1. The number of nitrogens with zero attached hydrogens (tertiary/aromatic N) is 3. The van der Waals surface area contributed by atoms with Crippen molar-refractivity contribution in [3.63, 3.8) is 0 Å². The number of ether oxygens (including phenoxy) is 1.